The number of ether oxygens (including phenoxy) is 2. The number of H-pyrrole nitrogens is 1. The molecule has 0 aliphatic carbocycles. The molecule has 0 aliphatic heterocycles. The molecule has 0 fully saturated rings. The number of pyridine rings is 2. The van der Waals surface area contributed by atoms with Gasteiger partial charge in [-0.2, -0.15) is 4.39 Å². The average Bonchev–Trinajstić information content (AvgIpc) is 3.15. The molecule has 8 nitrogen and oxygen atoms in total. The van der Waals surface area contributed by atoms with Crippen LogP contribution < -0.4 is 14.8 Å². The molecule has 4 rings (SSSR count). The van der Waals surface area contributed by atoms with E-state index in [-0.39, 0.29) is 0 Å². The SMILES string of the molecule is CCOc1ccc(Nc2ccc(Cc3c[nH]c4ncnc(OC)c34)c(F)n2)cn1. The fourth-order valence-electron chi connectivity index (χ4n) is 3.00. The molecule has 29 heavy (non-hydrogen) atoms. The van der Waals surface area contributed by atoms with E-state index in [9.17, 15) is 4.39 Å². The van der Waals surface area contributed by atoms with Gasteiger partial charge in [0.25, 0.3) is 0 Å². The van der Waals surface area contributed by atoms with Crippen LogP contribution in [0.25, 0.3) is 11.0 Å². The largest absolute Gasteiger partial charge is 0.480 e. The quantitative estimate of drug-likeness (QED) is 0.462. The lowest BCUT2D eigenvalue weighted by atomic mass is 10.1. The molecule has 4 aromatic heterocycles. The maximum absolute atomic E-state index is 14.6. The van der Waals surface area contributed by atoms with Crippen molar-refractivity contribution in [1.29, 1.82) is 0 Å². The molecule has 0 atom stereocenters. The van der Waals surface area contributed by atoms with Crippen molar-refractivity contribution >= 4 is 22.5 Å². The number of anilines is 2. The highest BCUT2D eigenvalue weighted by atomic mass is 19.1. The number of halogens is 1. The zero-order chi connectivity index (χ0) is 20.2. The van der Waals surface area contributed by atoms with Gasteiger partial charge in [-0.25, -0.2) is 19.9 Å². The molecule has 0 saturated carbocycles. The fraction of sp³-hybridized carbons (Fsp3) is 0.200. The van der Waals surface area contributed by atoms with Gasteiger partial charge >= 0.3 is 0 Å². The molecule has 0 saturated heterocycles. The lowest BCUT2D eigenvalue weighted by Crippen LogP contribution is -2.01. The fourth-order valence-corrected chi connectivity index (χ4v) is 3.00. The van der Waals surface area contributed by atoms with Crippen LogP contribution in [0.3, 0.4) is 0 Å². The van der Waals surface area contributed by atoms with E-state index in [4.69, 9.17) is 9.47 Å². The summed E-state index contributed by atoms with van der Waals surface area (Å²) in [5.74, 6) is 0.808. The molecule has 4 heterocycles. The summed E-state index contributed by atoms with van der Waals surface area (Å²) in [5, 5.41) is 3.77. The van der Waals surface area contributed by atoms with E-state index >= 15 is 0 Å². The van der Waals surface area contributed by atoms with Crippen LogP contribution in [0.2, 0.25) is 0 Å². The summed E-state index contributed by atoms with van der Waals surface area (Å²) in [5.41, 5.74) is 2.61. The Balaban J connectivity index is 1.53. The van der Waals surface area contributed by atoms with Gasteiger partial charge in [-0.1, -0.05) is 6.07 Å². The first-order chi connectivity index (χ1) is 14.2. The lowest BCUT2D eigenvalue weighted by Gasteiger charge is -2.09. The minimum absolute atomic E-state index is 0.327. The van der Waals surface area contributed by atoms with Crippen molar-refractivity contribution in [1.82, 2.24) is 24.9 Å². The van der Waals surface area contributed by atoms with Gasteiger partial charge in [0.05, 0.1) is 31.0 Å². The Bertz CT molecular complexity index is 1130. The van der Waals surface area contributed by atoms with Crippen molar-refractivity contribution in [3.05, 3.63) is 60.1 Å². The zero-order valence-corrected chi connectivity index (χ0v) is 15.9. The second-order valence-corrected chi connectivity index (χ2v) is 6.19. The number of nitrogens with zero attached hydrogens (tertiary/aromatic N) is 4. The molecule has 4 aromatic rings. The van der Waals surface area contributed by atoms with E-state index in [2.05, 4.69) is 30.2 Å². The Hall–Kier alpha value is -3.75. The number of methoxy groups -OCH3 is 1. The molecule has 0 unspecified atom stereocenters. The monoisotopic (exact) mass is 394 g/mol. The predicted molar refractivity (Wildman–Crippen MR) is 106 cm³/mol. The Morgan fingerprint density at radius 2 is 2.00 bits per heavy atom. The maximum atomic E-state index is 14.6. The van der Waals surface area contributed by atoms with Gasteiger partial charge < -0.3 is 19.8 Å². The zero-order valence-electron chi connectivity index (χ0n) is 15.9. The van der Waals surface area contributed by atoms with Gasteiger partial charge in [0.1, 0.15) is 17.8 Å². The van der Waals surface area contributed by atoms with Gasteiger partial charge in [0, 0.05) is 24.2 Å². The second-order valence-electron chi connectivity index (χ2n) is 6.19. The summed E-state index contributed by atoms with van der Waals surface area (Å²) >= 11 is 0. The molecule has 9 heteroatoms. The highest BCUT2D eigenvalue weighted by Crippen LogP contribution is 2.27. The Morgan fingerprint density at radius 1 is 1.10 bits per heavy atom. The highest BCUT2D eigenvalue weighted by Gasteiger charge is 2.14. The smallest absolute Gasteiger partial charge is 0.226 e. The summed E-state index contributed by atoms with van der Waals surface area (Å²) in [6.07, 6.45) is 5.13. The van der Waals surface area contributed by atoms with E-state index in [1.165, 1.54) is 13.4 Å². The normalized spacial score (nSPS) is 10.9. The van der Waals surface area contributed by atoms with Crippen LogP contribution >= 0.6 is 0 Å². The third kappa shape index (κ3) is 3.93. The summed E-state index contributed by atoms with van der Waals surface area (Å²) in [4.78, 5) is 19.5. The Morgan fingerprint density at radius 3 is 2.72 bits per heavy atom. The molecular weight excluding hydrogens is 375 g/mol. The number of hydrogen-bond donors (Lipinski definition) is 2. The maximum Gasteiger partial charge on any atom is 0.226 e. The van der Waals surface area contributed by atoms with Crippen LogP contribution in [0.15, 0.2) is 43.0 Å². The third-order valence-corrected chi connectivity index (χ3v) is 4.32. The molecule has 0 radical (unpaired) electrons. The number of aromatic amines is 1. The van der Waals surface area contributed by atoms with Crippen LogP contribution in [0.1, 0.15) is 18.1 Å². The Kier molecular flexibility index (Phi) is 5.19. The van der Waals surface area contributed by atoms with Crippen molar-refractivity contribution < 1.29 is 13.9 Å². The summed E-state index contributed by atoms with van der Waals surface area (Å²) < 4.78 is 25.2. The van der Waals surface area contributed by atoms with E-state index < -0.39 is 5.95 Å². The van der Waals surface area contributed by atoms with Gasteiger partial charge in [-0.15, -0.1) is 0 Å². The third-order valence-electron chi connectivity index (χ3n) is 4.32. The number of nitrogens with one attached hydrogen (secondary N) is 2. The van der Waals surface area contributed by atoms with Crippen molar-refractivity contribution in [3.63, 3.8) is 0 Å². The predicted octanol–water partition coefficient (Wildman–Crippen LogP) is 3.63. The number of aromatic nitrogens is 5. The summed E-state index contributed by atoms with van der Waals surface area (Å²) in [7, 11) is 1.54. The molecule has 0 aromatic carbocycles. The topological polar surface area (TPSA) is 97.8 Å². The van der Waals surface area contributed by atoms with Gasteiger partial charge in [-0.05, 0) is 24.6 Å². The van der Waals surface area contributed by atoms with Crippen LogP contribution in [0.5, 0.6) is 11.8 Å². The van der Waals surface area contributed by atoms with Crippen molar-refractivity contribution in [2.75, 3.05) is 19.0 Å². The van der Waals surface area contributed by atoms with E-state index in [0.717, 1.165) is 10.9 Å². The van der Waals surface area contributed by atoms with Crippen LogP contribution in [0, 0.1) is 5.95 Å². The van der Waals surface area contributed by atoms with Crippen LogP contribution in [-0.4, -0.2) is 38.6 Å². The van der Waals surface area contributed by atoms with Crippen LogP contribution in [0.4, 0.5) is 15.9 Å². The van der Waals surface area contributed by atoms with E-state index in [1.54, 1.807) is 36.7 Å². The van der Waals surface area contributed by atoms with Crippen molar-refractivity contribution in [2.24, 2.45) is 0 Å². The molecular formula is C20H19FN6O2. The molecule has 0 bridgehead atoms. The number of fused-ring (bicyclic) bond motifs is 1. The second kappa shape index (κ2) is 8.09. The first-order valence-electron chi connectivity index (χ1n) is 9.04. The summed E-state index contributed by atoms with van der Waals surface area (Å²) in [6.45, 7) is 2.43. The molecule has 0 spiro atoms. The first-order valence-corrected chi connectivity index (χ1v) is 9.04. The van der Waals surface area contributed by atoms with Crippen molar-refractivity contribution in [3.8, 4) is 11.8 Å². The van der Waals surface area contributed by atoms with Gasteiger partial charge in [-0.3, -0.25) is 0 Å². The van der Waals surface area contributed by atoms with Gasteiger partial charge in [0.15, 0.2) is 0 Å². The van der Waals surface area contributed by atoms with Crippen molar-refractivity contribution in [2.45, 2.75) is 13.3 Å². The Labute approximate surface area is 166 Å². The lowest BCUT2D eigenvalue weighted by molar-refractivity contribution is 0.327. The van der Waals surface area contributed by atoms with E-state index in [1.807, 2.05) is 6.92 Å². The van der Waals surface area contributed by atoms with Gasteiger partial charge in [0.2, 0.25) is 17.7 Å². The number of hydrogen-bond acceptors (Lipinski definition) is 7. The highest BCUT2D eigenvalue weighted by molar-refractivity contribution is 5.85. The first kappa shape index (κ1) is 18.6. The van der Waals surface area contributed by atoms with E-state index in [0.29, 0.717) is 47.5 Å². The standard InChI is InChI=1S/C20H19FN6O2/c1-3-29-16-7-5-14(10-22-16)26-15-6-4-12(18(21)27-15)8-13-9-23-19-17(13)20(28-2)25-11-24-19/h4-7,9-11H,3,8H2,1-2H3,(H,26,27)(H,23,24,25). The minimum atomic E-state index is -0.556. The molecule has 148 valence electrons. The summed E-state index contributed by atoms with van der Waals surface area (Å²) in [6, 6.07) is 6.95. The number of rotatable bonds is 7. The minimum Gasteiger partial charge on any atom is -0.480 e. The average molecular weight is 394 g/mol. The molecule has 0 amide bonds. The van der Waals surface area contributed by atoms with Crippen LogP contribution in [-0.2, 0) is 6.42 Å². The molecule has 0 aliphatic rings. The molecule has 2 N–H and O–H groups in total.